The van der Waals surface area contributed by atoms with E-state index in [0.717, 1.165) is 0 Å². The minimum atomic E-state index is -0.799. The molecule has 0 heterocycles. The first-order valence-corrected chi connectivity index (χ1v) is 9.86. The monoisotopic (exact) mass is 402 g/mol. The number of fused-ring (bicyclic) bond motifs is 3. The van der Waals surface area contributed by atoms with E-state index in [0.29, 0.717) is 35.1 Å². The molecule has 2 N–H and O–H groups in total. The Bertz CT molecular complexity index is 924. The number of esters is 1. The first-order valence-electron chi connectivity index (χ1n) is 9.86. The van der Waals surface area contributed by atoms with Crippen LogP contribution in [0.3, 0.4) is 0 Å². The SMILES string of the molecule is COC(C)(C)c1cc2c(cc1O)[C@@]1(C)CC[C@H](OC(C)=O)C(C)(C)C1=C(O)C2=O. The molecule has 6 nitrogen and oxygen atoms in total. The number of aliphatic hydroxyl groups is 1. The first-order chi connectivity index (χ1) is 13.3. The van der Waals surface area contributed by atoms with Crippen LogP contribution in [0.15, 0.2) is 23.5 Å². The van der Waals surface area contributed by atoms with Gasteiger partial charge in [-0.3, -0.25) is 9.59 Å². The molecule has 1 aromatic carbocycles. The summed E-state index contributed by atoms with van der Waals surface area (Å²) in [5, 5.41) is 21.7. The van der Waals surface area contributed by atoms with Crippen molar-refractivity contribution in [3.8, 4) is 5.75 Å². The van der Waals surface area contributed by atoms with Crippen molar-refractivity contribution in [3.05, 3.63) is 40.2 Å². The Morgan fingerprint density at radius 1 is 1.21 bits per heavy atom. The van der Waals surface area contributed by atoms with Crippen LogP contribution in [0.2, 0.25) is 0 Å². The number of benzene rings is 1. The van der Waals surface area contributed by atoms with Crippen molar-refractivity contribution in [2.45, 2.75) is 71.5 Å². The zero-order valence-corrected chi connectivity index (χ0v) is 18.2. The number of aliphatic hydroxyl groups excluding tert-OH is 1. The second-order valence-electron chi connectivity index (χ2n) is 9.37. The summed E-state index contributed by atoms with van der Waals surface area (Å²) in [7, 11) is 1.54. The van der Waals surface area contributed by atoms with Crippen LogP contribution in [-0.2, 0) is 25.3 Å². The molecule has 1 fully saturated rings. The summed E-state index contributed by atoms with van der Waals surface area (Å²) in [5.41, 5.74) is -0.118. The highest BCUT2D eigenvalue weighted by Crippen LogP contribution is 2.57. The summed E-state index contributed by atoms with van der Waals surface area (Å²) in [5.74, 6) is -1.13. The van der Waals surface area contributed by atoms with Gasteiger partial charge in [0, 0.05) is 36.0 Å². The molecule has 1 saturated carbocycles. The van der Waals surface area contributed by atoms with Gasteiger partial charge in [-0.2, -0.15) is 0 Å². The normalized spacial score (nSPS) is 26.0. The number of allylic oxidation sites excluding steroid dienone is 1. The predicted octanol–water partition coefficient (Wildman–Crippen LogP) is 4.29. The summed E-state index contributed by atoms with van der Waals surface area (Å²) < 4.78 is 11.0. The predicted molar refractivity (Wildman–Crippen MR) is 108 cm³/mol. The molecule has 1 aromatic rings. The van der Waals surface area contributed by atoms with Gasteiger partial charge in [0.1, 0.15) is 11.9 Å². The molecule has 3 rings (SSSR count). The first kappa shape index (κ1) is 21.4. The fourth-order valence-corrected chi connectivity index (χ4v) is 5.09. The Kier molecular flexibility index (Phi) is 4.86. The second-order valence-corrected chi connectivity index (χ2v) is 9.37. The van der Waals surface area contributed by atoms with Crippen LogP contribution >= 0.6 is 0 Å². The zero-order chi connectivity index (χ0) is 21.9. The van der Waals surface area contributed by atoms with Crippen LogP contribution in [-0.4, -0.2) is 35.2 Å². The third-order valence-corrected chi connectivity index (χ3v) is 6.80. The van der Waals surface area contributed by atoms with Gasteiger partial charge in [-0.05, 0) is 50.0 Å². The molecule has 29 heavy (non-hydrogen) atoms. The van der Waals surface area contributed by atoms with Crippen LogP contribution in [0.1, 0.15) is 75.9 Å². The number of hydrogen-bond donors (Lipinski definition) is 2. The van der Waals surface area contributed by atoms with E-state index in [1.165, 1.54) is 14.0 Å². The molecule has 0 aromatic heterocycles. The van der Waals surface area contributed by atoms with Gasteiger partial charge >= 0.3 is 5.97 Å². The van der Waals surface area contributed by atoms with Crippen LogP contribution in [0.25, 0.3) is 0 Å². The largest absolute Gasteiger partial charge is 0.508 e. The van der Waals surface area contributed by atoms with Crippen LogP contribution < -0.4 is 0 Å². The Morgan fingerprint density at radius 2 is 1.83 bits per heavy atom. The van der Waals surface area contributed by atoms with Crippen molar-refractivity contribution in [1.29, 1.82) is 0 Å². The number of hydrogen-bond acceptors (Lipinski definition) is 6. The molecule has 6 heteroatoms. The average Bonchev–Trinajstić information content (AvgIpc) is 2.61. The van der Waals surface area contributed by atoms with Crippen LogP contribution in [0.5, 0.6) is 5.75 Å². The fraction of sp³-hybridized carbons (Fsp3) is 0.565. The van der Waals surface area contributed by atoms with Crippen molar-refractivity contribution < 1.29 is 29.3 Å². The molecular formula is C23H30O6. The second kappa shape index (κ2) is 6.59. The van der Waals surface area contributed by atoms with Crippen molar-refractivity contribution in [1.82, 2.24) is 0 Å². The third kappa shape index (κ3) is 3.05. The number of ether oxygens (including phenoxy) is 2. The molecule has 0 spiro atoms. The van der Waals surface area contributed by atoms with Gasteiger partial charge in [0.2, 0.25) is 5.78 Å². The highest BCUT2D eigenvalue weighted by Gasteiger charge is 2.55. The van der Waals surface area contributed by atoms with E-state index in [1.807, 2.05) is 20.8 Å². The summed E-state index contributed by atoms with van der Waals surface area (Å²) in [6.45, 7) is 10.7. The fourth-order valence-electron chi connectivity index (χ4n) is 5.09. The number of carbonyl (C=O) groups is 2. The van der Waals surface area contributed by atoms with E-state index in [9.17, 15) is 19.8 Å². The number of Topliss-reactive ketones (excluding diaryl/α,β-unsaturated/α-hetero) is 1. The van der Waals surface area contributed by atoms with Gasteiger partial charge < -0.3 is 19.7 Å². The number of phenols is 1. The van der Waals surface area contributed by atoms with E-state index in [2.05, 4.69) is 0 Å². The maximum absolute atomic E-state index is 13.2. The number of rotatable bonds is 3. The smallest absolute Gasteiger partial charge is 0.302 e. The summed E-state index contributed by atoms with van der Waals surface area (Å²) in [6, 6.07) is 3.25. The highest BCUT2D eigenvalue weighted by molar-refractivity contribution is 6.11. The van der Waals surface area contributed by atoms with E-state index >= 15 is 0 Å². The third-order valence-electron chi connectivity index (χ3n) is 6.80. The molecule has 0 saturated heterocycles. The molecule has 0 aliphatic heterocycles. The van der Waals surface area contributed by atoms with Crippen molar-refractivity contribution in [2.75, 3.05) is 7.11 Å². The number of carbonyl (C=O) groups excluding carboxylic acids is 2. The summed E-state index contributed by atoms with van der Waals surface area (Å²) in [4.78, 5) is 24.7. The molecule has 2 atom stereocenters. The van der Waals surface area contributed by atoms with Crippen LogP contribution in [0.4, 0.5) is 0 Å². The standard InChI is InChI=1S/C23H30O6/c1-12(24)29-17-8-9-23(6)14-11-16(25)15(22(4,5)28-7)10-13(14)18(26)19(27)20(23)21(17,2)3/h10-11,17,25,27H,8-9H2,1-7H3/t17-,23+/m0/s1. The molecule has 2 aliphatic carbocycles. The number of phenolic OH excluding ortho intramolecular Hbond substituents is 1. The molecule has 2 aliphatic rings. The maximum Gasteiger partial charge on any atom is 0.302 e. The molecular weight excluding hydrogens is 372 g/mol. The topological polar surface area (TPSA) is 93.1 Å². The zero-order valence-electron chi connectivity index (χ0n) is 18.2. The molecule has 0 radical (unpaired) electrons. The lowest BCUT2D eigenvalue weighted by Crippen LogP contribution is -2.50. The molecule has 0 bridgehead atoms. The van der Waals surface area contributed by atoms with Gasteiger partial charge in [0.15, 0.2) is 5.76 Å². The van der Waals surface area contributed by atoms with Gasteiger partial charge in [-0.15, -0.1) is 0 Å². The number of aromatic hydroxyl groups is 1. The van der Waals surface area contributed by atoms with Gasteiger partial charge in [0.05, 0.1) is 5.60 Å². The Morgan fingerprint density at radius 3 is 2.38 bits per heavy atom. The van der Waals surface area contributed by atoms with E-state index < -0.39 is 34.3 Å². The number of ketones is 1. The average molecular weight is 402 g/mol. The minimum Gasteiger partial charge on any atom is -0.508 e. The molecule has 0 unspecified atom stereocenters. The minimum absolute atomic E-state index is 0.0466. The Hall–Kier alpha value is -2.34. The van der Waals surface area contributed by atoms with Crippen molar-refractivity contribution >= 4 is 11.8 Å². The lowest BCUT2D eigenvalue weighted by atomic mass is 9.53. The quantitative estimate of drug-likeness (QED) is 0.733. The highest BCUT2D eigenvalue weighted by atomic mass is 16.5. The summed E-state index contributed by atoms with van der Waals surface area (Å²) >= 11 is 0. The van der Waals surface area contributed by atoms with E-state index in [-0.39, 0.29) is 11.5 Å². The summed E-state index contributed by atoms with van der Waals surface area (Å²) in [6.07, 6.45) is 0.708. The van der Waals surface area contributed by atoms with Gasteiger partial charge in [0.25, 0.3) is 0 Å². The van der Waals surface area contributed by atoms with Crippen molar-refractivity contribution in [2.24, 2.45) is 5.41 Å². The van der Waals surface area contributed by atoms with Crippen molar-refractivity contribution in [3.63, 3.8) is 0 Å². The molecule has 0 amide bonds. The van der Waals surface area contributed by atoms with Gasteiger partial charge in [-0.25, -0.2) is 0 Å². The lowest BCUT2D eigenvalue weighted by Gasteiger charge is -2.52. The van der Waals surface area contributed by atoms with Crippen LogP contribution in [0, 0.1) is 5.41 Å². The maximum atomic E-state index is 13.2. The Labute approximate surface area is 171 Å². The van der Waals surface area contributed by atoms with E-state index in [1.54, 1.807) is 26.0 Å². The van der Waals surface area contributed by atoms with E-state index in [4.69, 9.17) is 9.47 Å². The molecule has 158 valence electrons. The Balaban J connectivity index is 2.23. The van der Waals surface area contributed by atoms with Gasteiger partial charge in [-0.1, -0.05) is 20.8 Å². The number of methoxy groups -OCH3 is 1. The lowest BCUT2D eigenvalue weighted by molar-refractivity contribution is -0.153.